The van der Waals surface area contributed by atoms with Crippen LogP contribution in [0.2, 0.25) is 0 Å². The number of halogens is 3. The molecule has 0 amide bonds. The van der Waals surface area contributed by atoms with Gasteiger partial charge in [-0.25, -0.2) is 8.78 Å². The van der Waals surface area contributed by atoms with Gasteiger partial charge in [0.05, 0.1) is 5.33 Å². The molecule has 0 spiro atoms. The second-order valence-corrected chi connectivity index (χ2v) is 2.63. The molecule has 0 radical (unpaired) electrons. The van der Waals surface area contributed by atoms with Crippen molar-refractivity contribution in [3.05, 3.63) is 30.1 Å². The lowest BCUT2D eigenvalue weighted by Gasteiger charge is -2.11. The van der Waals surface area contributed by atoms with Crippen molar-refractivity contribution in [1.82, 2.24) is 4.98 Å². The Morgan fingerprint density at radius 2 is 1.91 bits per heavy atom. The van der Waals surface area contributed by atoms with Gasteiger partial charge in [0.2, 0.25) is 0 Å². The van der Waals surface area contributed by atoms with Crippen molar-refractivity contribution in [3.8, 4) is 0 Å². The highest BCUT2D eigenvalue weighted by atomic mass is 79.9. The largest absolute Gasteiger partial charge is 0.282 e. The first-order valence-electron chi connectivity index (χ1n) is 3.01. The van der Waals surface area contributed by atoms with E-state index in [4.69, 9.17) is 0 Å². The molecule has 1 aromatic rings. The zero-order chi connectivity index (χ0) is 8.32. The minimum Gasteiger partial charge on any atom is -0.265 e. The topological polar surface area (TPSA) is 12.9 Å². The van der Waals surface area contributed by atoms with Gasteiger partial charge in [0.1, 0.15) is 0 Å². The summed E-state index contributed by atoms with van der Waals surface area (Å²) >= 11 is 2.74. The average Bonchev–Trinajstić information content (AvgIpc) is 2.06. The second-order valence-electron chi connectivity index (χ2n) is 2.07. The third-order valence-corrected chi connectivity index (χ3v) is 1.97. The molecule has 0 N–H and O–H groups in total. The van der Waals surface area contributed by atoms with Gasteiger partial charge in [0.25, 0.3) is 5.92 Å². The van der Waals surface area contributed by atoms with Crippen LogP contribution in [0.25, 0.3) is 0 Å². The Labute approximate surface area is 71.6 Å². The van der Waals surface area contributed by atoms with E-state index >= 15 is 0 Å². The van der Waals surface area contributed by atoms with Crippen LogP contribution >= 0.6 is 15.9 Å². The zero-order valence-corrected chi connectivity index (χ0v) is 7.18. The van der Waals surface area contributed by atoms with E-state index in [1.165, 1.54) is 24.5 Å². The van der Waals surface area contributed by atoms with Crippen molar-refractivity contribution in [1.29, 1.82) is 0 Å². The van der Waals surface area contributed by atoms with Gasteiger partial charge in [-0.2, -0.15) is 0 Å². The van der Waals surface area contributed by atoms with Crippen molar-refractivity contribution in [3.63, 3.8) is 0 Å². The van der Waals surface area contributed by atoms with E-state index in [2.05, 4.69) is 20.9 Å². The van der Waals surface area contributed by atoms with Crippen LogP contribution in [0.3, 0.4) is 0 Å². The fourth-order valence-corrected chi connectivity index (χ4v) is 0.997. The highest BCUT2D eigenvalue weighted by Gasteiger charge is 2.29. The van der Waals surface area contributed by atoms with E-state index in [0.29, 0.717) is 0 Å². The minimum absolute atomic E-state index is 0.00984. The third kappa shape index (κ3) is 1.96. The second kappa shape index (κ2) is 3.26. The van der Waals surface area contributed by atoms with Crippen molar-refractivity contribution < 1.29 is 8.78 Å². The molecular formula is C7H6BrF2N. The first-order chi connectivity index (χ1) is 5.17. The molecule has 0 saturated heterocycles. The van der Waals surface area contributed by atoms with E-state index in [9.17, 15) is 8.78 Å². The van der Waals surface area contributed by atoms with Crippen molar-refractivity contribution in [2.45, 2.75) is 5.92 Å². The SMILES string of the molecule is FC(F)(CBr)c1ccncc1. The molecule has 0 fully saturated rings. The summed E-state index contributed by atoms with van der Waals surface area (Å²) < 4.78 is 25.6. The first kappa shape index (κ1) is 8.59. The van der Waals surface area contributed by atoms with Crippen molar-refractivity contribution in [2.75, 3.05) is 5.33 Å². The summed E-state index contributed by atoms with van der Waals surface area (Å²) in [5, 5.41) is -0.357. The lowest BCUT2D eigenvalue weighted by molar-refractivity contribution is 0.0245. The van der Waals surface area contributed by atoms with Crippen LogP contribution in [0.1, 0.15) is 5.56 Å². The summed E-state index contributed by atoms with van der Waals surface area (Å²) in [4.78, 5) is 3.64. The average molecular weight is 222 g/mol. The van der Waals surface area contributed by atoms with Gasteiger partial charge in [-0.1, -0.05) is 15.9 Å². The molecular weight excluding hydrogens is 216 g/mol. The van der Waals surface area contributed by atoms with Crippen molar-refractivity contribution >= 4 is 15.9 Å². The normalized spacial score (nSPS) is 11.5. The molecule has 1 rings (SSSR count). The predicted molar refractivity (Wildman–Crippen MR) is 41.9 cm³/mol. The molecule has 4 heteroatoms. The molecule has 60 valence electrons. The Balaban J connectivity index is 2.93. The summed E-state index contributed by atoms with van der Waals surface area (Å²) in [6.45, 7) is 0. The van der Waals surface area contributed by atoms with Gasteiger partial charge in [0.15, 0.2) is 0 Å². The Kier molecular flexibility index (Phi) is 2.54. The Hall–Kier alpha value is -0.510. The maximum atomic E-state index is 12.8. The Bertz CT molecular complexity index is 225. The summed E-state index contributed by atoms with van der Waals surface area (Å²) in [7, 11) is 0. The molecule has 0 aliphatic heterocycles. The van der Waals surface area contributed by atoms with E-state index in [-0.39, 0.29) is 10.9 Å². The fraction of sp³-hybridized carbons (Fsp3) is 0.286. The van der Waals surface area contributed by atoms with Gasteiger partial charge in [-0.05, 0) is 12.1 Å². The van der Waals surface area contributed by atoms with E-state index in [1.807, 2.05) is 0 Å². The number of aromatic nitrogens is 1. The number of rotatable bonds is 2. The van der Waals surface area contributed by atoms with E-state index in [0.717, 1.165) is 0 Å². The molecule has 0 atom stereocenters. The predicted octanol–water partition coefficient (Wildman–Crippen LogP) is 2.57. The number of nitrogens with zero attached hydrogens (tertiary/aromatic N) is 1. The highest BCUT2D eigenvalue weighted by molar-refractivity contribution is 9.09. The minimum atomic E-state index is -2.79. The lowest BCUT2D eigenvalue weighted by Crippen LogP contribution is -2.14. The van der Waals surface area contributed by atoms with E-state index in [1.54, 1.807) is 0 Å². The van der Waals surface area contributed by atoms with Crippen LogP contribution < -0.4 is 0 Å². The highest BCUT2D eigenvalue weighted by Crippen LogP contribution is 2.28. The Morgan fingerprint density at radius 1 is 1.36 bits per heavy atom. The maximum Gasteiger partial charge on any atom is 0.282 e. The molecule has 0 saturated carbocycles. The van der Waals surface area contributed by atoms with Crippen LogP contribution in [-0.4, -0.2) is 10.3 Å². The van der Waals surface area contributed by atoms with Crippen LogP contribution in [0, 0.1) is 0 Å². The van der Waals surface area contributed by atoms with Crippen LogP contribution in [0.5, 0.6) is 0 Å². The molecule has 0 aromatic carbocycles. The lowest BCUT2D eigenvalue weighted by atomic mass is 10.2. The van der Waals surface area contributed by atoms with Crippen molar-refractivity contribution in [2.24, 2.45) is 0 Å². The molecule has 11 heavy (non-hydrogen) atoms. The molecule has 0 aliphatic rings. The number of hydrogen-bond donors (Lipinski definition) is 0. The van der Waals surface area contributed by atoms with Gasteiger partial charge < -0.3 is 0 Å². The van der Waals surface area contributed by atoms with E-state index < -0.39 is 5.92 Å². The first-order valence-corrected chi connectivity index (χ1v) is 4.13. The van der Waals surface area contributed by atoms with Gasteiger partial charge in [0, 0.05) is 18.0 Å². The maximum absolute atomic E-state index is 12.8. The Morgan fingerprint density at radius 3 is 2.36 bits per heavy atom. The van der Waals surface area contributed by atoms with Crippen LogP contribution in [0.4, 0.5) is 8.78 Å². The summed E-state index contributed by atoms with van der Waals surface area (Å²) in [5.41, 5.74) is -0.00984. The van der Waals surface area contributed by atoms with Gasteiger partial charge >= 0.3 is 0 Å². The number of pyridine rings is 1. The fourth-order valence-electron chi connectivity index (χ4n) is 0.673. The van der Waals surface area contributed by atoms with Gasteiger partial charge in [-0.15, -0.1) is 0 Å². The zero-order valence-electron chi connectivity index (χ0n) is 5.60. The summed E-state index contributed by atoms with van der Waals surface area (Å²) in [6.07, 6.45) is 2.71. The monoisotopic (exact) mass is 221 g/mol. The third-order valence-electron chi connectivity index (χ3n) is 1.27. The van der Waals surface area contributed by atoms with Crippen LogP contribution in [0.15, 0.2) is 24.5 Å². The molecule has 1 heterocycles. The molecule has 1 aromatic heterocycles. The standard InChI is InChI=1S/C7H6BrF2N/c8-5-7(9,10)6-1-3-11-4-2-6/h1-4H,5H2. The summed E-state index contributed by atoms with van der Waals surface area (Å²) in [6, 6.07) is 2.61. The molecule has 1 nitrogen and oxygen atoms in total. The molecule has 0 unspecified atom stereocenters. The molecule has 0 bridgehead atoms. The number of hydrogen-bond acceptors (Lipinski definition) is 1. The smallest absolute Gasteiger partial charge is 0.265 e. The molecule has 0 aliphatic carbocycles. The van der Waals surface area contributed by atoms with Gasteiger partial charge in [-0.3, -0.25) is 4.98 Å². The quantitative estimate of drug-likeness (QED) is 0.700. The number of alkyl halides is 3. The van der Waals surface area contributed by atoms with Crippen LogP contribution in [-0.2, 0) is 5.92 Å². The summed E-state index contributed by atoms with van der Waals surface area (Å²) in [5.74, 6) is -2.79.